The van der Waals surface area contributed by atoms with E-state index in [9.17, 15) is 5.11 Å². The first-order valence-corrected chi connectivity index (χ1v) is 7.09. The lowest BCUT2D eigenvalue weighted by Crippen LogP contribution is -2.28. The fraction of sp³-hybridized carbons (Fsp3) is 0.500. The number of pyridine rings is 1. The molecular formula is C14H16ClN3O. The lowest BCUT2D eigenvalue weighted by Gasteiger charge is -2.26. The van der Waals surface area contributed by atoms with Crippen LogP contribution in [0.25, 0.3) is 5.52 Å². The summed E-state index contributed by atoms with van der Waals surface area (Å²) in [4.78, 5) is 4.16. The van der Waals surface area contributed by atoms with Crippen molar-refractivity contribution in [3.05, 3.63) is 35.4 Å². The van der Waals surface area contributed by atoms with Gasteiger partial charge < -0.3 is 10.4 Å². The quantitative estimate of drug-likeness (QED) is 0.836. The zero-order valence-corrected chi connectivity index (χ0v) is 11.3. The van der Waals surface area contributed by atoms with E-state index in [-0.39, 0.29) is 0 Å². The van der Waals surface area contributed by atoms with Crippen molar-refractivity contribution in [1.82, 2.24) is 14.7 Å². The summed E-state index contributed by atoms with van der Waals surface area (Å²) in [5, 5.41) is 15.1. The van der Waals surface area contributed by atoms with Crippen LogP contribution < -0.4 is 5.32 Å². The van der Waals surface area contributed by atoms with Gasteiger partial charge in [0, 0.05) is 0 Å². The molecule has 0 radical (unpaired) electrons. The number of fused-ring (bicyclic) bond motifs is 2. The number of imidazole rings is 1. The molecular weight excluding hydrogens is 262 g/mol. The van der Waals surface area contributed by atoms with Crippen LogP contribution in [0.4, 0.5) is 0 Å². The Kier molecular flexibility index (Phi) is 2.43. The molecule has 1 aliphatic carbocycles. The van der Waals surface area contributed by atoms with Gasteiger partial charge in [-0.25, -0.2) is 4.98 Å². The van der Waals surface area contributed by atoms with Crippen LogP contribution >= 0.6 is 11.6 Å². The van der Waals surface area contributed by atoms with E-state index < -0.39 is 5.60 Å². The maximum Gasteiger partial charge on any atom is 0.107 e. The van der Waals surface area contributed by atoms with E-state index in [1.54, 1.807) is 12.5 Å². The first kappa shape index (κ1) is 11.7. The van der Waals surface area contributed by atoms with Gasteiger partial charge in [0.2, 0.25) is 0 Å². The molecule has 2 aliphatic rings. The number of nitrogens with zero attached hydrogens (tertiary/aromatic N) is 2. The summed E-state index contributed by atoms with van der Waals surface area (Å²) in [5.74, 6) is 1.11. The average molecular weight is 278 g/mol. The summed E-state index contributed by atoms with van der Waals surface area (Å²) < 4.78 is 1.93. The first-order valence-electron chi connectivity index (χ1n) is 6.71. The van der Waals surface area contributed by atoms with Crippen molar-refractivity contribution in [2.45, 2.75) is 18.4 Å². The van der Waals surface area contributed by atoms with E-state index in [4.69, 9.17) is 11.6 Å². The van der Waals surface area contributed by atoms with Crippen LogP contribution in [0.2, 0.25) is 5.02 Å². The predicted octanol–water partition coefficient (Wildman–Crippen LogP) is 1.80. The summed E-state index contributed by atoms with van der Waals surface area (Å²) in [6, 6.07) is 3.79. The molecule has 100 valence electrons. The van der Waals surface area contributed by atoms with Gasteiger partial charge in [-0.05, 0) is 49.9 Å². The smallest absolute Gasteiger partial charge is 0.107 e. The lowest BCUT2D eigenvalue weighted by atomic mass is 9.94. The predicted molar refractivity (Wildman–Crippen MR) is 73.2 cm³/mol. The van der Waals surface area contributed by atoms with E-state index in [1.807, 2.05) is 16.5 Å². The molecule has 19 heavy (non-hydrogen) atoms. The maximum atomic E-state index is 11.1. The third-order valence-electron chi connectivity index (χ3n) is 4.65. The molecule has 3 atom stereocenters. The Bertz CT molecular complexity index is 627. The lowest BCUT2D eigenvalue weighted by molar-refractivity contribution is 0.0304. The van der Waals surface area contributed by atoms with Gasteiger partial charge in [-0.15, -0.1) is 0 Å². The van der Waals surface area contributed by atoms with Crippen LogP contribution in [-0.2, 0) is 5.60 Å². The number of rotatable bonds is 1. The van der Waals surface area contributed by atoms with Crippen LogP contribution in [0.1, 0.15) is 18.5 Å². The van der Waals surface area contributed by atoms with Gasteiger partial charge in [0.25, 0.3) is 0 Å². The van der Waals surface area contributed by atoms with Crippen molar-refractivity contribution in [3.63, 3.8) is 0 Å². The van der Waals surface area contributed by atoms with Gasteiger partial charge in [0.05, 0.1) is 28.8 Å². The third kappa shape index (κ3) is 1.64. The fourth-order valence-corrected chi connectivity index (χ4v) is 4.15. The van der Waals surface area contributed by atoms with E-state index in [0.29, 0.717) is 16.9 Å². The first-order chi connectivity index (χ1) is 9.17. The molecule has 1 saturated heterocycles. The highest BCUT2D eigenvalue weighted by atomic mass is 35.5. The van der Waals surface area contributed by atoms with E-state index in [1.165, 1.54) is 0 Å². The molecule has 2 aromatic heterocycles. The summed E-state index contributed by atoms with van der Waals surface area (Å²) in [7, 11) is 0. The van der Waals surface area contributed by atoms with Crippen molar-refractivity contribution in [1.29, 1.82) is 0 Å². The molecule has 0 bridgehead atoms. The Labute approximate surface area is 116 Å². The van der Waals surface area contributed by atoms with Crippen molar-refractivity contribution in [2.24, 2.45) is 11.8 Å². The van der Waals surface area contributed by atoms with Crippen LogP contribution in [0.15, 0.2) is 24.7 Å². The van der Waals surface area contributed by atoms with Gasteiger partial charge in [-0.2, -0.15) is 0 Å². The number of aromatic nitrogens is 2. The fourth-order valence-electron chi connectivity index (χ4n) is 3.82. The Morgan fingerprint density at radius 2 is 2.05 bits per heavy atom. The highest BCUT2D eigenvalue weighted by molar-refractivity contribution is 6.31. The summed E-state index contributed by atoms with van der Waals surface area (Å²) in [6.45, 7) is 2.01. The molecule has 1 aliphatic heterocycles. The van der Waals surface area contributed by atoms with E-state index >= 15 is 0 Å². The Morgan fingerprint density at radius 3 is 2.79 bits per heavy atom. The van der Waals surface area contributed by atoms with Crippen molar-refractivity contribution < 1.29 is 5.11 Å². The van der Waals surface area contributed by atoms with E-state index in [0.717, 1.165) is 37.1 Å². The molecule has 0 amide bonds. The van der Waals surface area contributed by atoms with Crippen molar-refractivity contribution in [3.8, 4) is 0 Å². The molecule has 4 nitrogen and oxygen atoms in total. The number of hydrogen-bond donors (Lipinski definition) is 2. The minimum Gasteiger partial charge on any atom is -0.384 e. The minimum atomic E-state index is -0.825. The standard InChI is InChI=1S/C14H16ClN3O/c15-12-2-1-11-7-17-8-18(11)13(12)14(19)3-9-5-16-6-10(9)4-14/h1-2,7-10,16,19H,3-6H2/t9-,10+,14?. The Morgan fingerprint density at radius 1 is 1.32 bits per heavy atom. The zero-order valence-electron chi connectivity index (χ0n) is 10.5. The van der Waals surface area contributed by atoms with Gasteiger partial charge >= 0.3 is 0 Å². The van der Waals surface area contributed by atoms with Crippen LogP contribution in [0.3, 0.4) is 0 Å². The largest absolute Gasteiger partial charge is 0.384 e. The van der Waals surface area contributed by atoms with Crippen LogP contribution in [0.5, 0.6) is 0 Å². The zero-order chi connectivity index (χ0) is 13.0. The van der Waals surface area contributed by atoms with Crippen LogP contribution in [0, 0.1) is 11.8 Å². The molecule has 5 heteroatoms. The van der Waals surface area contributed by atoms with Crippen molar-refractivity contribution >= 4 is 17.1 Å². The molecule has 4 rings (SSSR count). The molecule has 0 aromatic carbocycles. The normalized spacial score (nSPS) is 34.0. The Balaban J connectivity index is 1.86. The molecule has 2 aromatic rings. The molecule has 0 spiro atoms. The second-order valence-electron chi connectivity index (χ2n) is 5.84. The second kappa shape index (κ2) is 3.95. The highest BCUT2D eigenvalue weighted by Crippen LogP contribution is 2.48. The van der Waals surface area contributed by atoms with Gasteiger partial charge in [0.1, 0.15) is 5.60 Å². The highest BCUT2D eigenvalue weighted by Gasteiger charge is 2.48. The summed E-state index contributed by atoms with van der Waals surface area (Å²) >= 11 is 6.36. The van der Waals surface area contributed by atoms with Gasteiger partial charge in [-0.1, -0.05) is 11.6 Å². The molecule has 2 fully saturated rings. The minimum absolute atomic E-state index is 0.555. The van der Waals surface area contributed by atoms with Gasteiger partial charge in [-0.3, -0.25) is 4.40 Å². The van der Waals surface area contributed by atoms with Crippen molar-refractivity contribution in [2.75, 3.05) is 13.1 Å². The summed E-state index contributed by atoms with van der Waals surface area (Å²) in [5.41, 5.74) is 0.955. The molecule has 1 saturated carbocycles. The number of halogens is 1. The Hall–Kier alpha value is -1.10. The third-order valence-corrected chi connectivity index (χ3v) is 4.96. The summed E-state index contributed by atoms with van der Waals surface area (Å²) in [6.07, 6.45) is 5.09. The number of aliphatic hydroxyl groups is 1. The monoisotopic (exact) mass is 277 g/mol. The van der Waals surface area contributed by atoms with Gasteiger partial charge in [0.15, 0.2) is 0 Å². The average Bonchev–Trinajstić information content (AvgIpc) is 3.02. The molecule has 2 N–H and O–H groups in total. The second-order valence-corrected chi connectivity index (χ2v) is 6.24. The molecule has 3 heterocycles. The number of hydrogen-bond acceptors (Lipinski definition) is 3. The van der Waals surface area contributed by atoms with E-state index in [2.05, 4.69) is 10.3 Å². The maximum absolute atomic E-state index is 11.1. The topological polar surface area (TPSA) is 49.6 Å². The SMILES string of the molecule is OC1(c2c(Cl)ccc3cncn23)C[C@H]2CNC[C@H]2C1. The van der Waals surface area contributed by atoms with Crippen LogP contribution in [-0.4, -0.2) is 27.6 Å². The molecule has 1 unspecified atom stereocenters. The number of nitrogens with one attached hydrogen (secondary N) is 1.